The number of hydrogen-bond acceptors (Lipinski definition) is 4. The van der Waals surface area contributed by atoms with Crippen molar-refractivity contribution in [3.8, 4) is 11.6 Å². The van der Waals surface area contributed by atoms with Crippen molar-refractivity contribution in [2.75, 3.05) is 0 Å². The molecular weight excluding hydrogens is 324 g/mol. The zero-order valence-electron chi connectivity index (χ0n) is 11.3. The Balaban J connectivity index is 2.50. The molecule has 0 aliphatic rings. The van der Waals surface area contributed by atoms with Crippen LogP contribution in [0.15, 0.2) is 28.9 Å². The highest BCUT2D eigenvalue weighted by molar-refractivity contribution is 9.10. The molecule has 1 aromatic carbocycles. The zero-order chi connectivity index (χ0) is 14.9. The molecule has 0 unspecified atom stereocenters. The molecule has 2 rings (SSSR count). The molecule has 0 atom stereocenters. The third kappa shape index (κ3) is 2.96. The SMILES string of the molecule is Cc1cc(C)c(Oc2ncc(Br)cc2C)c([N+](=O)[O-])c1. The Hall–Kier alpha value is -1.95. The summed E-state index contributed by atoms with van der Waals surface area (Å²) in [5, 5.41) is 11.2. The number of aromatic nitrogens is 1. The van der Waals surface area contributed by atoms with Gasteiger partial charge in [0.15, 0.2) is 0 Å². The first-order valence-electron chi connectivity index (χ1n) is 5.94. The second-order valence-corrected chi connectivity index (χ2v) is 5.48. The molecule has 5 nitrogen and oxygen atoms in total. The Morgan fingerprint density at radius 3 is 2.50 bits per heavy atom. The summed E-state index contributed by atoms with van der Waals surface area (Å²) in [4.78, 5) is 14.9. The molecule has 104 valence electrons. The number of benzene rings is 1. The van der Waals surface area contributed by atoms with Crippen molar-refractivity contribution < 1.29 is 9.66 Å². The van der Waals surface area contributed by atoms with Crippen molar-refractivity contribution in [3.63, 3.8) is 0 Å². The zero-order valence-corrected chi connectivity index (χ0v) is 12.9. The van der Waals surface area contributed by atoms with Gasteiger partial charge in [-0.05, 0) is 53.9 Å². The van der Waals surface area contributed by atoms with Crippen molar-refractivity contribution in [1.82, 2.24) is 4.98 Å². The lowest BCUT2D eigenvalue weighted by molar-refractivity contribution is -0.385. The van der Waals surface area contributed by atoms with Gasteiger partial charge in [-0.15, -0.1) is 0 Å². The van der Waals surface area contributed by atoms with Gasteiger partial charge in [0.2, 0.25) is 11.6 Å². The van der Waals surface area contributed by atoms with Crippen LogP contribution in [-0.4, -0.2) is 9.91 Å². The molecule has 1 heterocycles. The summed E-state index contributed by atoms with van der Waals surface area (Å²) < 4.78 is 6.50. The summed E-state index contributed by atoms with van der Waals surface area (Å²) in [5.74, 6) is 0.599. The second kappa shape index (κ2) is 5.58. The molecule has 0 saturated carbocycles. The fraction of sp³-hybridized carbons (Fsp3) is 0.214. The number of halogens is 1. The normalized spacial score (nSPS) is 10.4. The molecule has 0 saturated heterocycles. The van der Waals surface area contributed by atoms with E-state index in [0.29, 0.717) is 11.4 Å². The quantitative estimate of drug-likeness (QED) is 0.612. The molecule has 0 N–H and O–H groups in total. The molecule has 0 aliphatic carbocycles. The monoisotopic (exact) mass is 336 g/mol. The van der Waals surface area contributed by atoms with Crippen molar-refractivity contribution in [2.45, 2.75) is 20.8 Å². The van der Waals surface area contributed by atoms with Crippen LogP contribution >= 0.6 is 15.9 Å². The number of nitrogens with zero attached hydrogens (tertiary/aromatic N) is 2. The second-order valence-electron chi connectivity index (χ2n) is 4.56. The number of hydrogen-bond donors (Lipinski definition) is 0. The highest BCUT2D eigenvalue weighted by Crippen LogP contribution is 2.36. The summed E-state index contributed by atoms with van der Waals surface area (Å²) in [7, 11) is 0. The van der Waals surface area contributed by atoms with Gasteiger partial charge in [-0.25, -0.2) is 4.98 Å². The van der Waals surface area contributed by atoms with Gasteiger partial charge in [0.25, 0.3) is 0 Å². The van der Waals surface area contributed by atoms with E-state index in [-0.39, 0.29) is 11.4 Å². The number of pyridine rings is 1. The molecule has 2 aromatic rings. The molecule has 0 aliphatic heterocycles. The fourth-order valence-electron chi connectivity index (χ4n) is 1.93. The standard InChI is InChI=1S/C14H13BrN2O3/c1-8-4-9(2)13(12(5-8)17(18)19)20-14-10(3)6-11(15)7-16-14/h4-7H,1-3H3. The minimum absolute atomic E-state index is 0.0494. The lowest BCUT2D eigenvalue weighted by Crippen LogP contribution is -1.99. The van der Waals surface area contributed by atoms with E-state index in [4.69, 9.17) is 4.74 Å². The van der Waals surface area contributed by atoms with Gasteiger partial charge in [0.1, 0.15) is 0 Å². The Kier molecular flexibility index (Phi) is 4.04. The first-order valence-corrected chi connectivity index (χ1v) is 6.73. The predicted octanol–water partition coefficient (Wildman–Crippen LogP) is 4.47. The maximum Gasteiger partial charge on any atom is 0.312 e. The van der Waals surface area contributed by atoms with Gasteiger partial charge in [-0.1, -0.05) is 6.07 Å². The number of nitro groups is 1. The van der Waals surface area contributed by atoms with Crippen LogP contribution in [-0.2, 0) is 0 Å². The molecule has 1 aromatic heterocycles. The third-order valence-corrected chi connectivity index (χ3v) is 3.23. The molecule has 20 heavy (non-hydrogen) atoms. The van der Waals surface area contributed by atoms with Crippen LogP contribution in [0.2, 0.25) is 0 Å². The molecule has 0 fully saturated rings. The maximum atomic E-state index is 11.2. The van der Waals surface area contributed by atoms with Crippen LogP contribution in [0.1, 0.15) is 16.7 Å². The van der Waals surface area contributed by atoms with Crippen molar-refractivity contribution in [2.24, 2.45) is 0 Å². The van der Waals surface area contributed by atoms with E-state index in [2.05, 4.69) is 20.9 Å². The van der Waals surface area contributed by atoms with E-state index in [1.807, 2.05) is 26.0 Å². The summed E-state index contributed by atoms with van der Waals surface area (Å²) in [6, 6.07) is 5.19. The minimum atomic E-state index is -0.441. The molecule has 0 spiro atoms. The number of ether oxygens (including phenoxy) is 1. The fourth-order valence-corrected chi connectivity index (χ4v) is 2.38. The van der Waals surface area contributed by atoms with Crippen molar-refractivity contribution >= 4 is 21.6 Å². The van der Waals surface area contributed by atoms with Crippen molar-refractivity contribution in [3.05, 3.63) is 55.7 Å². The highest BCUT2D eigenvalue weighted by Gasteiger charge is 2.20. The van der Waals surface area contributed by atoms with Gasteiger partial charge in [0.05, 0.1) is 4.92 Å². The first kappa shape index (κ1) is 14.5. The Morgan fingerprint density at radius 2 is 1.90 bits per heavy atom. The molecule has 0 radical (unpaired) electrons. The van der Waals surface area contributed by atoms with E-state index in [9.17, 15) is 10.1 Å². The van der Waals surface area contributed by atoms with Crippen molar-refractivity contribution in [1.29, 1.82) is 0 Å². The largest absolute Gasteiger partial charge is 0.431 e. The van der Waals surface area contributed by atoms with Gasteiger partial charge >= 0.3 is 5.69 Å². The summed E-state index contributed by atoms with van der Waals surface area (Å²) in [6.07, 6.45) is 1.59. The highest BCUT2D eigenvalue weighted by atomic mass is 79.9. The van der Waals surface area contributed by atoms with E-state index >= 15 is 0 Å². The first-order chi connectivity index (χ1) is 9.38. The van der Waals surface area contributed by atoms with Crippen LogP contribution in [0.5, 0.6) is 11.6 Å². The van der Waals surface area contributed by atoms with Gasteiger partial charge in [-0.2, -0.15) is 0 Å². The van der Waals surface area contributed by atoms with E-state index < -0.39 is 4.92 Å². The average Bonchev–Trinajstić information content (AvgIpc) is 2.34. The summed E-state index contributed by atoms with van der Waals surface area (Å²) in [5.41, 5.74) is 2.28. The lowest BCUT2D eigenvalue weighted by Gasteiger charge is -2.11. The van der Waals surface area contributed by atoms with Crippen LogP contribution < -0.4 is 4.74 Å². The van der Waals surface area contributed by atoms with E-state index in [1.165, 1.54) is 6.07 Å². The van der Waals surface area contributed by atoms with Gasteiger partial charge < -0.3 is 4.74 Å². The van der Waals surface area contributed by atoms with Crippen LogP contribution in [0.25, 0.3) is 0 Å². The predicted molar refractivity (Wildman–Crippen MR) is 79.3 cm³/mol. The lowest BCUT2D eigenvalue weighted by atomic mass is 10.1. The summed E-state index contributed by atoms with van der Waals surface area (Å²) in [6.45, 7) is 5.43. The Morgan fingerprint density at radius 1 is 1.20 bits per heavy atom. The van der Waals surface area contributed by atoms with Crippen LogP contribution in [0.3, 0.4) is 0 Å². The Labute approximate surface area is 124 Å². The topological polar surface area (TPSA) is 65.3 Å². The summed E-state index contributed by atoms with van der Waals surface area (Å²) >= 11 is 3.32. The smallest absolute Gasteiger partial charge is 0.312 e. The maximum absolute atomic E-state index is 11.2. The van der Waals surface area contributed by atoms with Crippen LogP contribution in [0, 0.1) is 30.9 Å². The minimum Gasteiger partial charge on any atom is -0.431 e. The van der Waals surface area contributed by atoms with E-state index in [0.717, 1.165) is 15.6 Å². The number of rotatable bonds is 3. The molecular formula is C14H13BrN2O3. The average molecular weight is 337 g/mol. The van der Waals surface area contributed by atoms with E-state index in [1.54, 1.807) is 13.1 Å². The number of aryl methyl sites for hydroxylation is 3. The Bertz CT molecular complexity index is 686. The molecule has 0 bridgehead atoms. The van der Waals surface area contributed by atoms with Gasteiger partial charge in [-0.3, -0.25) is 10.1 Å². The third-order valence-electron chi connectivity index (χ3n) is 2.79. The van der Waals surface area contributed by atoms with Gasteiger partial charge in [0, 0.05) is 22.3 Å². The molecule has 6 heteroatoms. The van der Waals surface area contributed by atoms with Crippen LogP contribution in [0.4, 0.5) is 5.69 Å². The number of nitro benzene ring substituents is 1. The molecule has 0 amide bonds.